The van der Waals surface area contributed by atoms with Crippen molar-refractivity contribution in [2.24, 2.45) is 5.92 Å². The van der Waals surface area contributed by atoms with Gasteiger partial charge in [-0.25, -0.2) is 9.97 Å². The van der Waals surface area contributed by atoms with Crippen molar-refractivity contribution in [1.29, 1.82) is 0 Å². The van der Waals surface area contributed by atoms with Gasteiger partial charge < -0.3 is 19.9 Å². The Hall–Kier alpha value is -2.67. The van der Waals surface area contributed by atoms with Crippen LogP contribution in [0.2, 0.25) is 0 Å². The van der Waals surface area contributed by atoms with Crippen LogP contribution in [-0.2, 0) is 9.53 Å². The van der Waals surface area contributed by atoms with Crippen LogP contribution in [0.25, 0.3) is 21.9 Å². The molecule has 3 aromatic rings. The van der Waals surface area contributed by atoms with E-state index in [-0.39, 0.29) is 11.8 Å². The van der Waals surface area contributed by atoms with Gasteiger partial charge in [-0.2, -0.15) is 0 Å². The number of methoxy groups -OCH3 is 1. The summed E-state index contributed by atoms with van der Waals surface area (Å²) in [5, 5.41) is 5.13. The number of amides is 1. The Morgan fingerprint density at radius 2 is 2.35 bits per heavy atom. The minimum Gasteiger partial charge on any atom is -0.383 e. The van der Waals surface area contributed by atoms with Crippen LogP contribution in [0.3, 0.4) is 0 Å². The highest BCUT2D eigenvalue weighted by Crippen LogP contribution is 2.33. The van der Waals surface area contributed by atoms with Crippen molar-refractivity contribution in [2.45, 2.75) is 12.8 Å². The first kappa shape index (κ1) is 16.8. The standard InChI is InChI=1S/C19H23N5O2/c1-26-10-8-22-19(25)13-3-2-9-24(12-13)16-5-7-20-15-11-23-18-14(17(15)16)4-6-21-18/h4-7,11,13,20H,2-3,8-10,12H2,1H3,(H,22,25). The number of nitrogens with one attached hydrogen (secondary N) is 2. The Balaban J connectivity index is 1.63. The van der Waals surface area contributed by atoms with Gasteiger partial charge in [0.15, 0.2) is 5.65 Å². The van der Waals surface area contributed by atoms with Crippen molar-refractivity contribution in [3.63, 3.8) is 0 Å². The number of aromatic amines is 1. The molecule has 7 heteroatoms. The fraction of sp³-hybridized carbons (Fsp3) is 0.421. The second kappa shape index (κ2) is 7.29. The number of hydrogen-bond donors (Lipinski definition) is 2. The Morgan fingerprint density at radius 3 is 3.23 bits per heavy atom. The first-order valence-corrected chi connectivity index (χ1v) is 9.00. The molecule has 1 aliphatic heterocycles. The molecule has 136 valence electrons. The van der Waals surface area contributed by atoms with E-state index in [1.807, 2.05) is 18.5 Å². The number of H-pyrrole nitrogens is 1. The number of anilines is 1. The SMILES string of the molecule is COCCNC(=O)C1CCCN(c2cc[nH]c3cnc4nccc4c23)C1. The number of carbonyl (C=O) groups is 1. The van der Waals surface area contributed by atoms with E-state index in [1.54, 1.807) is 13.3 Å². The zero-order valence-corrected chi connectivity index (χ0v) is 14.9. The highest BCUT2D eigenvalue weighted by atomic mass is 16.5. The second-order valence-corrected chi connectivity index (χ2v) is 6.66. The van der Waals surface area contributed by atoms with Gasteiger partial charge in [-0.3, -0.25) is 4.79 Å². The van der Waals surface area contributed by atoms with Crippen LogP contribution in [0.15, 0.2) is 30.7 Å². The summed E-state index contributed by atoms with van der Waals surface area (Å²) in [5.74, 6) is 0.107. The largest absolute Gasteiger partial charge is 0.383 e. The Morgan fingerprint density at radius 1 is 1.42 bits per heavy atom. The van der Waals surface area contributed by atoms with E-state index in [1.165, 1.54) is 0 Å². The summed E-state index contributed by atoms with van der Waals surface area (Å²) in [6, 6.07) is 4.08. The van der Waals surface area contributed by atoms with Crippen LogP contribution in [0.4, 0.5) is 5.69 Å². The van der Waals surface area contributed by atoms with Crippen LogP contribution in [0.1, 0.15) is 12.8 Å². The van der Waals surface area contributed by atoms with Crippen LogP contribution >= 0.6 is 0 Å². The van der Waals surface area contributed by atoms with Gasteiger partial charge in [0.25, 0.3) is 0 Å². The molecule has 1 aliphatic rings. The highest BCUT2D eigenvalue weighted by molar-refractivity contribution is 6.10. The Kier molecular flexibility index (Phi) is 4.71. The molecule has 0 saturated carbocycles. The molecule has 1 atom stereocenters. The molecular formula is C19H23N5O2. The van der Waals surface area contributed by atoms with Crippen molar-refractivity contribution in [1.82, 2.24) is 20.3 Å². The molecule has 1 fully saturated rings. The fourth-order valence-corrected chi connectivity index (χ4v) is 3.73. The molecule has 3 aromatic heterocycles. The van der Waals surface area contributed by atoms with Crippen LogP contribution in [0, 0.1) is 5.92 Å². The van der Waals surface area contributed by atoms with E-state index in [0.717, 1.165) is 53.6 Å². The van der Waals surface area contributed by atoms with Gasteiger partial charge in [0.1, 0.15) is 0 Å². The lowest BCUT2D eigenvalue weighted by Gasteiger charge is -2.34. The third kappa shape index (κ3) is 3.10. The minimum absolute atomic E-state index is 0.00467. The summed E-state index contributed by atoms with van der Waals surface area (Å²) in [5.41, 5.74) is 2.87. The molecule has 0 spiro atoms. The predicted molar refractivity (Wildman–Crippen MR) is 101 cm³/mol. The number of carbonyl (C=O) groups excluding carboxylic acids is 1. The quantitative estimate of drug-likeness (QED) is 0.686. The molecule has 2 N–H and O–H groups in total. The smallest absolute Gasteiger partial charge is 0.224 e. The average molecular weight is 353 g/mol. The predicted octanol–water partition coefficient (Wildman–Crippen LogP) is 2.09. The topological polar surface area (TPSA) is 83.1 Å². The molecule has 0 aromatic carbocycles. The first-order valence-electron chi connectivity index (χ1n) is 9.00. The molecule has 1 amide bonds. The molecule has 0 bridgehead atoms. The Labute approximate surface area is 151 Å². The summed E-state index contributed by atoms with van der Waals surface area (Å²) < 4.78 is 5.01. The number of ether oxygens (including phenoxy) is 1. The number of aromatic nitrogens is 3. The molecule has 1 unspecified atom stereocenters. The lowest BCUT2D eigenvalue weighted by molar-refractivity contribution is -0.125. The zero-order valence-electron chi connectivity index (χ0n) is 14.9. The number of piperidine rings is 1. The van der Waals surface area contributed by atoms with E-state index >= 15 is 0 Å². The van der Waals surface area contributed by atoms with Gasteiger partial charge in [-0.05, 0) is 25.0 Å². The number of pyridine rings is 2. The van der Waals surface area contributed by atoms with Crippen LogP contribution < -0.4 is 10.2 Å². The number of rotatable bonds is 5. The summed E-state index contributed by atoms with van der Waals surface area (Å²) in [7, 11) is 1.64. The van der Waals surface area contributed by atoms with E-state index in [9.17, 15) is 4.79 Å². The third-order valence-electron chi connectivity index (χ3n) is 5.01. The van der Waals surface area contributed by atoms with Gasteiger partial charge in [0.05, 0.1) is 24.2 Å². The minimum atomic E-state index is -0.00467. The number of fused-ring (bicyclic) bond motifs is 3. The van der Waals surface area contributed by atoms with Gasteiger partial charge in [-0.1, -0.05) is 0 Å². The molecule has 1 saturated heterocycles. The molecular weight excluding hydrogens is 330 g/mol. The van der Waals surface area contributed by atoms with Crippen LogP contribution in [-0.4, -0.2) is 54.2 Å². The zero-order chi connectivity index (χ0) is 17.9. The molecule has 26 heavy (non-hydrogen) atoms. The maximum absolute atomic E-state index is 12.5. The number of nitrogens with zero attached hydrogens (tertiary/aromatic N) is 3. The summed E-state index contributed by atoms with van der Waals surface area (Å²) in [6.07, 6.45) is 7.46. The lowest BCUT2D eigenvalue weighted by Crippen LogP contribution is -2.43. The number of hydrogen-bond acceptors (Lipinski definition) is 5. The van der Waals surface area contributed by atoms with Crippen molar-refractivity contribution in [2.75, 3.05) is 38.3 Å². The van der Waals surface area contributed by atoms with Crippen molar-refractivity contribution >= 4 is 33.5 Å². The summed E-state index contributed by atoms with van der Waals surface area (Å²) in [4.78, 5) is 26.8. The Bertz CT molecular complexity index is 923. The van der Waals surface area contributed by atoms with Crippen molar-refractivity contribution in [3.8, 4) is 0 Å². The van der Waals surface area contributed by atoms with Crippen LogP contribution in [0.5, 0.6) is 0 Å². The monoisotopic (exact) mass is 353 g/mol. The summed E-state index contributed by atoms with van der Waals surface area (Å²) >= 11 is 0. The maximum Gasteiger partial charge on any atom is 0.224 e. The molecule has 0 aliphatic carbocycles. The average Bonchev–Trinajstić information content (AvgIpc) is 3.17. The molecule has 7 nitrogen and oxygen atoms in total. The summed E-state index contributed by atoms with van der Waals surface area (Å²) in [6.45, 7) is 2.76. The van der Waals surface area contributed by atoms with E-state index in [2.05, 4.69) is 31.2 Å². The second-order valence-electron chi connectivity index (χ2n) is 6.66. The van der Waals surface area contributed by atoms with Gasteiger partial charge >= 0.3 is 0 Å². The van der Waals surface area contributed by atoms with Gasteiger partial charge in [0.2, 0.25) is 5.91 Å². The third-order valence-corrected chi connectivity index (χ3v) is 5.01. The lowest BCUT2D eigenvalue weighted by atomic mass is 9.96. The van der Waals surface area contributed by atoms with E-state index < -0.39 is 0 Å². The first-order chi connectivity index (χ1) is 12.8. The van der Waals surface area contributed by atoms with E-state index in [0.29, 0.717) is 13.2 Å². The molecule has 4 heterocycles. The highest BCUT2D eigenvalue weighted by Gasteiger charge is 2.27. The van der Waals surface area contributed by atoms with Gasteiger partial charge in [-0.15, -0.1) is 0 Å². The van der Waals surface area contributed by atoms with Gasteiger partial charge in [0, 0.05) is 55.6 Å². The molecule has 0 radical (unpaired) electrons. The van der Waals surface area contributed by atoms with E-state index in [4.69, 9.17) is 4.74 Å². The molecule has 4 rings (SSSR count). The fourth-order valence-electron chi connectivity index (χ4n) is 3.73. The van der Waals surface area contributed by atoms with Crippen molar-refractivity contribution < 1.29 is 9.53 Å². The van der Waals surface area contributed by atoms with Crippen molar-refractivity contribution in [3.05, 3.63) is 30.7 Å². The maximum atomic E-state index is 12.5. The normalized spacial score (nSPS) is 17.7.